The van der Waals surface area contributed by atoms with E-state index in [4.69, 9.17) is 21.9 Å². The van der Waals surface area contributed by atoms with E-state index < -0.39 is 18.4 Å². The first-order valence-electron chi connectivity index (χ1n) is 19.3. The summed E-state index contributed by atoms with van der Waals surface area (Å²) in [5.41, 5.74) is 21.8. The molecule has 0 aliphatic heterocycles. The fourth-order valence-corrected chi connectivity index (χ4v) is 6.55. The van der Waals surface area contributed by atoms with E-state index in [1.165, 1.54) is 39.5 Å². The molecule has 0 atom stereocenters. The van der Waals surface area contributed by atoms with Crippen molar-refractivity contribution in [3.8, 4) is 11.9 Å². The van der Waals surface area contributed by atoms with Crippen LogP contribution in [0.4, 0.5) is 52.2 Å². The first-order chi connectivity index (χ1) is 29.0. The smallest absolute Gasteiger partial charge is 0.342 e. The number of aliphatic hydroxyl groups excluding tert-OH is 1. The fourth-order valence-electron chi connectivity index (χ4n) is 6.55. The third kappa shape index (κ3) is 8.97. The van der Waals surface area contributed by atoms with E-state index in [1.54, 1.807) is 27.9 Å². The number of aromatic nitrogens is 9. The number of ketones is 1. The van der Waals surface area contributed by atoms with Crippen LogP contribution in [0.2, 0.25) is 0 Å². The lowest BCUT2D eigenvalue weighted by Gasteiger charge is -2.07. The molecule has 324 valence electrons. The van der Waals surface area contributed by atoms with Gasteiger partial charge in [0.2, 0.25) is 17.8 Å². The molecule has 0 fully saturated rings. The van der Waals surface area contributed by atoms with Crippen LogP contribution in [0.5, 0.6) is 0 Å². The van der Waals surface area contributed by atoms with Gasteiger partial charge in [0.15, 0.2) is 40.4 Å². The highest BCUT2D eigenvalue weighted by molar-refractivity contribution is 6.05. The molecule has 0 saturated heterocycles. The summed E-state index contributed by atoms with van der Waals surface area (Å²) >= 11 is 0. The maximum Gasteiger partial charge on any atom is 0.342 e. The summed E-state index contributed by atoms with van der Waals surface area (Å²) in [6.45, 7) is 9.15. The van der Waals surface area contributed by atoms with Crippen LogP contribution in [0.3, 0.4) is 0 Å². The summed E-state index contributed by atoms with van der Waals surface area (Å²) in [4.78, 5) is 62.9. The normalized spacial score (nSPS) is 11.6. The fraction of sp³-hybridized carbons (Fsp3) is 0.432. The van der Waals surface area contributed by atoms with Crippen molar-refractivity contribution in [3.63, 3.8) is 0 Å². The van der Waals surface area contributed by atoms with Gasteiger partial charge in [-0.1, -0.05) is 26.7 Å². The Kier molecular flexibility index (Phi) is 13.7. The Bertz CT molecular complexity index is 2400. The van der Waals surface area contributed by atoms with E-state index in [2.05, 4.69) is 56.2 Å². The van der Waals surface area contributed by atoms with Gasteiger partial charge in [-0.15, -0.1) is 20.5 Å². The van der Waals surface area contributed by atoms with E-state index in [-0.39, 0.29) is 75.4 Å². The minimum atomic E-state index is -0.799. The summed E-state index contributed by atoms with van der Waals surface area (Å²) in [5.74, 6) is -1.73. The van der Waals surface area contributed by atoms with Crippen LogP contribution in [0, 0.1) is 13.8 Å². The number of anilines is 5. The third-order valence-corrected chi connectivity index (χ3v) is 9.58. The lowest BCUT2D eigenvalue weighted by molar-refractivity contribution is -0.115. The molecule has 5 aromatic heterocycles. The van der Waals surface area contributed by atoms with Crippen LogP contribution in [-0.2, 0) is 41.3 Å². The number of hydrogen-bond acceptors (Lipinski definition) is 18. The van der Waals surface area contributed by atoms with Crippen LogP contribution in [0.25, 0.3) is 11.9 Å². The second-order valence-electron chi connectivity index (χ2n) is 14.0. The monoisotopic (exact) mass is 842 g/mol. The maximum atomic E-state index is 12.9. The molecule has 9 N–H and O–H groups in total. The molecule has 5 heterocycles. The predicted octanol–water partition coefficient (Wildman–Crippen LogP) is 4.68. The minimum Gasteiger partial charge on any atom is -0.465 e. The molecule has 0 aliphatic carbocycles. The van der Waals surface area contributed by atoms with Gasteiger partial charge in [-0.05, 0) is 39.5 Å². The number of rotatable bonds is 17. The van der Waals surface area contributed by atoms with E-state index in [1.807, 2.05) is 13.8 Å². The lowest BCUT2D eigenvalue weighted by Crippen LogP contribution is -2.15. The number of azo groups is 2. The Labute approximate surface area is 349 Å². The van der Waals surface area contributed by atoms with Gasteiger partial charge in [0.1, 0.15) is 23.8 Å². The summed E-state index contributed by atoms with van der Waals surface area (Å²) in [5, 5.41) is 42.2. The van der Waals surface area contributed by atoms with Gasteiger partial charge in [-0.2, -0.15) is 34.5 Å². The van der Waals surface area contributed by atoms with Gasteiger partial charge in [-0.3, -0.25) is 14.4 Å². The number of Topliss-reactive ketones (excluding diaryl/α,β-unsaturated/α-hetero) is 1. The Morgan fingerprint density at radius 2 is 1.13 bits per heavy atom. The van der Waals surface area contributed by atoms with Crippen molar-refractivity contribution in [2.75, 3.05) is 41.6 Å². The van der Waals surface area contributed by atoms with Gasteiger partial charge in [0, 0.05) is 39.1 Å². The van der Waals surface area contributed by atoms with Gasteiger partial charge in [0.25, 0.3) is 11.9 Å². The number of nitrogens with zero attached hydrogens (tertiary/aromatic N) is 13. The number of carbonyl (C=O) groups is 4. The second kappa shape index (κ2) is 18.7. The zero-order chi connectivity index (χ0) is 44.9. The van der Waals surface area contributed by atoms with Crippen LogP contribution < -0.4 is 27.8 Å². The molecule has 5 rings (SSSR count). The van der Waals surface area contributed by atoms with E-state index in [9.17, 15) is 24.3 Å². The van der Waals surface area contributed by atoms with Crippen molar-refractivity contribution < 1.29 is 29.0 Å². The number of nitrogens with two attached hydrogens (primary N) is 3. The highest BCUT2D eigenvalue weighted by Gasteiger charge is 2.28. The van der Waals surface area contributed by atoms with Gasteiger partial charge >= 0.3 is 5.97 Å². The Morgan fingerprint density at radius 3 is 1.52 bits per heavy atom. The molecule has 0 bridgehead atoms. The first kappa shape index (κ1) is 44.7. The molecule has 61 heavy (non-hydrogen) atoms. The van der Waals surface area contributed by atoms with E-state index >= 15 is 0 Å². The van der Waals surface area contributed by atoms with Crippen LogP contribution >= 0.6 is 0 Å². The van der Waals surface area contributed by atoms with E-state index in [0.29, 0.717) is 59.8 Å². The summed E-state index contributed by atoms with van der Waals surface area (Å²) in [6.07, 6.45) is 3.89. The number of hydrogen-bond donors (Lipinski definition) is 6. The number of nitrogen functional groups attached to an aromatic ring is 3. The lowest BCUT2D eigenvalue weighted by atomic mass is 10.1. The average Bonchev–Trinajstić information content (AvgIpc) is 3.86. The molecule has 5 aromatic rings. The standard InChI is InChI=1S/C37H50N18O6/c1-10-12-14-21-26(46-48-32-24(23(59)16-56)17(3)30(52(32)7)41-19(5)57)28(38)54(50-21)36-43-35(40)44-37(45-36)55-29(39)27(22(51-55)15-13-11-2)47-49-33-25(34(60)61-9)18(4)31(53(33)8)42-20(6)58/h56H,10-16,38-39H2,1-9H3,(H,41,57)(H,42,58)(H2,40,43,44,45). The maximum absolute atomic E-state index is 12.9. The number of unbranched alkanes of at least 4 members (excludes halogenated alkanes) is 2. The molecule has 0 aliphatic rings. The molecule has 0 spiro atoms. The summed E-state index contributed by atoms with van der Waals surface area (Å²) in [7, 11) is 4.44. The minimum absolute atomic E-state index is 0.0182. The molecule has 0 radical (unpaired) electrons. The number of carbonyl (C=O) groups excluding carboxylic acids is 4. The van der Waals surface area contributed by atoms with Crippen molar-refractivity contribution in [3.05, 3.63) is 33.6 Å². The summed E-state index contributed by atoms with van der Waals surface area (Å²) in [6, 6.07) is 0. The molecular formula is C37H50N18O6. The number of aryl methyl sites for hydroxylation is 2. The number of amides is 2. The van der Waals surface area contributed by atoms with E-state index in [0.717, 1.165) is 12.8 Å². The van der Waals surface area contributed by atoms with Gasteiger partial charge in [0.05, 0.1) is 24.1 Å². The van der Waals surface area contributed by atoms with Crippen LogP contribution in [-0.4, -0.2) is 86.0 Å². The molecule has 0 aromatic carbocycles. The largest absolute Gasteiger partial charge is 0.465 e. The number of nitrogens with one attached hydrogen (secondary N) is 2. The van der Waals surface area contributed by atoms with Gasteiger partial charge in [-0.25, -0.2) is 4.79 Å². The first-order valence-corrected chi connectivity index (χ1v) is 19.3. The molecule has 0 unspecified atom stereocenters. The average molecular weight is 843 g/mol. The highest BCUT2D eigenvalue weighted by atomic mass is 16.5. The Balaban J connectivity index is 1.63. The second-order valence-corrected chi connectivity index (χ2v) is 14.0. The van der Waals surface area contributed by atoms with Crippen LogP contribution in [0.1, 0.15) is 96.6 Å². The highest BCUT2D eigenvalue weighted by Crippen LogP contribution is 2.38. The van der Waals surface area contributed by atoms with Crippen molar-refractivity contribution in [1.29, 1.82) is 0 Å². The number of methoxy groups -OCH3 is 1. The number of ether oxygens (including phenoxy) is 1. The quantitative estimate of drug-likeness (QED) is 0.0421. The molecule has 2 amide bonds. The molecule has 0 saturated carbocycles. The Morgan fingerprint density at radius 1 is 0.705 bits per heavy atom. The van der Waals surface area contributed by atoms with Crippen molar-refractivity contribution in [2.24, 2.45) is 34.6 Å². The predicted molar refractivity (Wildman–Crippen MR) is 225 cm³/mol. The van der Waals surface area contributed by atoms with Crippen LogP contribution in [0.15, 0.2) is 20.5 Å². The topological polar surface area (TPSA) is 333 Å². The molecular weight excluding hydrogens is 793 g/mol. The summed E-state index contributed by atoms with van der Waals surface area (Å²) < 4.78 is 10.4. The van der Waals surface area contributed by atoms with Crippen molar-refractivity contribution >= 4 is 75.8 Å². The Hall–Kier alpha value is -7.37. The number of esters is 1. The van der Waals surface area contributed by atoms with Crippen molar-refractivity contribution in [2.45, 2.75) is 80.1 Å². The third-order valence-electron chi connectivity index (χ3n) is 9.58. The molecule has 24 heteroatoms. The molecule has 24 nitrogen and oxygen atoms in total. The number of aliphatic hydroxyl groups is 1. The zero-order valence-electron chi connectivity index (χ0n) is 35.5. The van der Waals surface area contributed by atoms with Gasteiger partial charge < -0.3 is 46.8 Å². The zero-order valence-corrected chi connectivity index (χ0v) is 35.5. The SMILES string of the molecule is CCCCc1nn(-c2nc(N)nc(-n3nc(CCCC)c(N=Nc4c(C(=O)OC)c(C)c(NC(C)=O)n4C)c3N)n2)c(N)c1N=Nc1c(C(=O)CO)c(C)c(NC(C)=O)n1C. The van der Waals surface area contributed by atoms with Crippen molar-refractivity contribution in [1.82, 2.24) is 43.6 Å².